The SMILES string of the molecule is CCCC(=O)c1c(C)[nH]c2ccc(S(C)(=O)=O)cc12. The summed E-state index contributed by atoms with van der Waals surface area (Å²) in [6.07, 6.45) is 2.41. The number of rotatable bonds is 4. The number of nitrogens with one attached hydrogen (secondary N) is 1. The number of fused-ring (bicyclic) bond motifs is 1. The van der Waals surface area contributed by atoms with Crippen LogP contribution in [0.4, 0.5) is 0 Å². The van der Waals surface area contributed by atoms with Crippen LogP contribution in [0.25, 0.3) is 10.9 Å². The average Bonchev–Trinajstić information content (AvgIpc) is 2.62. The molecule has 0 aliphatic heterocycles. The van der Waals surface area contributed by atoms with Gasteiger partial charge in [0, 0.05) is 34.8 Å². The molecule has 1 heterocycles. The lowest BCUT2D eigenvalue weighted by Crippen LogP contribution is -2.00. The van der Waals surface area contributed by atoms with Crippen molar-refractivity contribution in [2.75, 3.05) is 6.26 Å². The minimum atomic E-state index is -3.26. The van der Waals surface area contributed by atoms with E-state index in [2.05, 4.69) is 4.98 Å². The van der Waals surface area contributed by atoms with Gasteiger partial charge in [-0.1, -0.05) is 6.92 Å². The molecule has 5 heteroatoms. The Morgan fingerprint density at radius 3 is 2.58 bits per heavy atom. The fourth-order valence-electron chi connectivity index (χ4n) is 2.25. The van der Waals surface area contributed by atoms with Crippen LogP contribution in [-0.2, 0) is 9.84 Å². The molecule has 0 aliphatic carbocycles. The van der Waals surface area contributed by atoms with Crippen molar-refractivity contribution in [3.63, 3.8) is 0 Å². The lowest BCUT2D eigenvalue weighted by molar-refractivity contribution is 0.0983. The zero-order valence-corrected chi connectivity index (χ0v) is 12.1. The molecule has 0 saturated carbocycles. The molecule has 0 spiro atoms. The van der Waals surface area contributed by atoms with Gasteiger partial charge in [-0.25, -0.2) is 8.42 Å². The van der Waals surface area contributed by atoms with E-state index in [4.69, 9.17) is 0 Å². The molecule has 1 N–H and O–H groups in total. The van der Waals surface area contributed by atoms with E-state index in [0.29, 0.717) is 17.4 Å². The molecule has 0 bridgehead atoms. The Morgan fingerprint density at radius 2 is 2.00 bits per heavy atom. The first kappa shape index (κ1) is 13.8. The molecule has 0 radical (unpaired) electrons. The van der Waals surface area contributed by atoms with Crippen molar-refractivity contribution in [2.45, 2.75) is 31.6 Å². The molecule has 102 valence electrons. The highest BCUT2D eigenvalue weighted by Gasteiger charge is 2.17. The van der Waals surface area contributed by atoms with Crippen LogP contribution in [0.1, 0.15) is 35.8 Å². The summed E-state index contributed by atoms with van der Waals surface area (Å²) in [6, 6.07) is 4.85. The number of H-pyrrole nitrogens is 1. The number of carbonyl (C=O) groups is 1. The quantitative estimate of drug-likeness (QED) is 0.875. The summed E-state index contributed by atoms with van der Waals surface area (Å²) >= 11 is 0. The van der Waals surface area contributed by atoms with Crippen LogP contribution in [0, 0.1) is 6.92 Å². The monoisotopic (exact) mass is 279 g/mol. The van der Waals surface area contributed by atoms with Gasteiger partial charge >= 0.3 is 0 Å². The van der Waals surface area contributed by atoms with Crippen molar-refractivity contribution in [3.05, 3.63) is 29.5 Å². The number of hydrogen-bond acceptors (Lipinski definition) is 3. The van der Waals surface area contributed by atoms with Crippen molar-refractivity contribution < 1.29 is 13.2 Å². The van der Waals surface area contributed by atoms with E-state index in [0.717, 1.165) is 17.6 Å². The second-order valence-corrected chi connectivity index (χ2v) is 6.79. The van der Waals surface area contributed by atoms with Crippen LogP contribution in [0.2, 0.25) is 0 Å². The maximum Gasteiger partial charge on any atom is 0.175 e. The van der Waals surface area contributed by atoms with Gasteiger partial charge in [0.25, 0.3) is 0 Å². The van der Waals surface area contributed by atoms with Gasteiger partial charge in [0.2, 0.25) is 0 Å². The smallest absolute Gasteiger partial charge is 0.175 e. The molecule has 0 saturated heterocycles. The van der Waals surface area contributed by atoms with Crippen LogP contribution in [0.5, 0.6) is 0 Å². The maximum atomic E-state index is 12.1. The Morgan fingerprint density at radius 1 is 1.32 bits per heavy atom. The number of hydrogen-bond donors (Lipinski definition) is 1. The zero-order valence-electron chi connectivity index (χ0n) is 11.3. The summed E-state index contributed by atoms with van der Waals surface area (Å²) in [5.41, 5.74) is 2.20. The standard InChI is InChI=1S/C14H17NO3S/c1-4-5-13(16)14-9(2)15-12-7-6-10(8-11(12)14)19(3,17)18/h6-8,15H,4-5H2,1-3H3. The minimum Gasteiger partial charge on any atom is -0.358 e. The number of aromatic amines is 1. The fraction of sp³-hybridized carbons (Fsp3) is 0.357. The van der Waals surface area contributed by atoms with E-state index in [1.165, 1.54) is 6.26 Å². The van der Waals surface area contributed by atoms with Gasteiger partial charge < -0.3 is 4.98 Å². The van der Waals surface area contributed by atoms with Crippen molar-refractivity contribution in [3.8, 4) is 0 Å². The van der Waals surface area contributed by atoms with Crippen LogP contribution < -0.4 is 0 Å². The Kier molecular flexibility index (Phi) is 3.49. The molecular weight excluding hydrogens is 262 g/mol. The van der Waals surface area contributed by atoms with Crippen LogP contribution in [-0.4, -0.2) is 25.4 Å². The third kappa shape index (κ3) is 2.56. The first-order valence-corrected chi connectivity index (χ1v) is 8.09. The normalized spacial score (nSPS) is 11.9. The molecule has 0 atom stereocenters. The summed E-state index contributed by atoms with van der Waals surface area (Å²) in [4.78, 5) is 15.5. The van der Waals surface area contributed by atoms with Crippen molar-refractivity contribution in [1.82, 2.24) is 4.98 Å². The van der Waals surface area contributed by atoms with Gasteiger partial charge in [0.05, 0.1) is 4.90 Å². The lowest BCUT2D eigenvalue weighted by Gasteiger charge is -2.01. The lowest BCUT2D eigenvalue weighted by atomic mass is 10.0. The van der Waals surface area contributed by atoms with Gasteiger partial charge in [-0.15, -0.1) is 0 Å². The second kappa shape index (κ2) is 4.81. The Bertz CT molecular complexity index is 741. The molecular formula is C14H17NO3S. The van der Waals surface area contributed by atoms with Crippen LogP contribution in [0.3, 0.4) is 0 Å². The summed E-state index contributed by atoms with van der Waals surface area (Å²) in [5, 5.41) is 0.693. The van der Waals surface area contributed by atoms with E-state index in [-0.39, 0.29) is 10.7 Å². The number of Topliss-reactive ketones (excluding diaryl/α,β-unsaturated/α-hetero) is 1. The number of carbonyl (C=O) groups excluding carboxylic acids is 1. The molecule has 19 heavy (non-hydrogen) atoms. The summed E-state index contributed by atoms with van der Waals surface area (Å²) in [7, 11) is -3.26. The first-order chi connectivity index (χ1) is 8.84. The number of aromatic nitrogens is 1. The highest BCUT2D eigenvalue weighted by atomic mass is 32.2. The molecule has 4 nitrogen and oxygen atoms in total. The van der Waals surface area contributed by atoms with Crippen LogP contribution in [0.15, 0.2) is 23.1 Å². The summed E-state index contributed by atoms with van der Waals surface area (Å²) in [5.74, 6) is 0.0527. The molecule has 0 fully saturated rings. The third-order valence-corrected chi connectivity index (χ3v) is 4.25. The van der Waals surface area contributed by atoms with Crippen molar-refractivity contribution in [1.29, 1.82) is 0 Å². The van der Waals surface area contributed by atoms with Crippen molar-refractivity contribution in [2.24, 2.45) is 0 Å². The molecule has 0 unspecified atom stereocenters. The third-order valence-electron chi connectivity index (χ3n) is 3.14. The summed E-state index contributed by atoms with van der Waals surface area (Å²) in [6.45, 7) is 3.78. The predicted octanol–water partition coefficient (Wildman–Crippen LogP) is 2.86. The van der Waals surface area contributed by atoms with E-state index < -0.39 is 9.84 Å². The van der Waals surface area contributed by atoms with Gasteiger partial charge in [0.15, 0.2) is 15.6 Å². The molecule has 2 rings (SSSR count). The Labute approximate surface area is 112 Å². The Balaban J connectivity index is 2.70. The topological polar surface area (TPSA) is 67.0 Å². The molecule has 1 aromatic heterocycles. The predicted molar refractivity (Wildman–Crippen MR) is 75.4 cm³/mol. The highest BCUT2D eigenvalue weighted by molar-refractivity contribution is 7.90. The van der Waals surface area contributed by atoms with Gasteiger partial charge in [-0.3, -0.25) is 4.79 Å². The van der Waals surface area contributed by atoms with Crippen molar-refractivity contribution >= 4 is 26.5 Å². The highest BCUT2D eigenvalue weighted by Crippen LogP contribution is 2.26. The number of aryl methyl sites for hydroxylation is 1. The van der Waals surface area contributed by atoms with E-state index in [1.54, 1.807) is 18.2 Å². The Hall–Kier alpha value is -1.62. The first-order valence-electron chi connectivity index (χ1n) is 6.20. The summed E-state index contributed by atoms with van der Waals surface area (Å²) < 4.78 is 23.2. The van der Waals surface area contributed by atoms with E-state index >= 15 is 0 Å². The molecule has 0 amide bonds. The molecule has 0 aliphatic rings. The van der Waals surface area contributed by atoms with Gasteiger partial charge in [0.1, 0.15) is 0 Å². The van der Waals surface area contributed by atoms with E-state index in [9.17, 15) is 13.2 Å². The largest absolute Gasteiger partial charge is 0.358 e. The fourth-order valence-corrected chi connectivity index (χ4v) is 2.89. The molecule has 1 aromatic carbocycles. The van der Waals surface area contributed by atoms with Gasteiger partial charge in [-0.2, -0.15) is 0 Å². The number of ketones is 1. The number of benzene rings is 1. The second-order valence-electron chi connectivity index (χ2n) is 4.78. The average molecular weight is 279 g/mol. The van der Waals surface area contributed by atoms with Gasteiger partial charge in [-0.05, 0) is 31.5 Å². The maximum absolute atomic E-state index is 12.1. The molecule has 2 aromatic rings. The minimum absolute atomic E-state index is 0.0527. The number of sulfone groups is 1. The van der Waals surface area contributed by atoms with E-state index in [1.807, 2.05) is 13.8 Å². The van der Waals surface area contributed by atoms with Crippen LogP contribution >= 0.6 is 0 Å². The zero-order chi connectivity index (χ0) is 14.2.